The minimum Gasteiger partial charge on any atom is -0.461 e. The van der Waals surface area contributed by atoms with Crippen LogP contribution >= 0.6 is 0 Å². The van der Waals surface area contributed by atoms with Gasteiger partial charge in [0.2, 0.25) is 10.0 Å². The minimum absolute atomic E-state index is 0.0563. The largest absolute Gasteiger partial charge is 0.461 e. The van der Waals surface area contributed by atoms with Crippen molar-refractivity contribution >= 4 is 16.0 Å². The summed E-state index contributed by atoms with van der Waals surface area (Å²) < 4.78 is 53.4. The Hall–Kier alpha value is -1.66. The van der Waals surface area contributed by atoms with Crippen LogP contribution in [-0.2, 0) is 19.6 Å². The Morgan fingerprint density at radius 3 is 2.62 bits per heavy atom. The summed E-state index contributed by atoms with van der Waals surface area (Å²) in [6.07, 6.45) is 3.92. The Kier molecular flexibility index (Phi) is 6.33. The molecule has 0 fully saturated rings. The third-order valence-electron chi connectivity index (χ3n) is 3.79. The van der Waals surface area contributed by atoms with Gasteiger partial charge in [0.05, 0.1) is 4.90 Å². The molecule has 0 aliphatic rings. The predicted octanol–water partition coefficient (Wildman–Crippen LogP) is 3.23. The Morgan fingerprint density at radius 2 is 2.04 bits per heavy atom. The van der Waals surface area contributed by atoms with E-state index >= 15 is 0 Å². The van der Waals surface area contributed by atoms with Crippen molar-refractivity contribution in [1.82, 2.24) is 4.31 Å². The summed E-state index contributed by atoms with van der Waals surface area (Å²) in [7, 11) is -4.37. The molecule has 5 nitrogen and oxygen atoms in total. The van der Waals surface area contributed by atoms with Crippen molar-refractivity contribution < 1.29 is 22.1 Å². The SMILES string of the molecule is [2H]C([2H])([2H])N(CC(=O)O[C@H](C)[C@@H](C)CCCC=C)S(=O)(=O)c1ccccc1. The normalized spacial score (nSPS) is 16.5. The molecule has 0 aromatic heterocycles. The highest BCUT2D eigenvalue weighted by Gasteiger charge is 2.25. The Balaban J connectivity index is 2.86. The number of hydrogen-bond donors (Lipinski definition) is 0. The van der Waals surface area contributed by atoms with E-state index in [4.69, 9.17) is 8.85 Å². The summed E-state index contributed by atoms with van der Waals surface area (Å²) in [6.45, 7) is 3.40. The Labute approximate surface area is 149 Å². The molecule has 1 aromatic rings. The van der Waals surface area contributed by atoms with Crippen molar-refractivity contribution in [3.63, 3.8) is 0 Å². The van der Waals surface area contributed by atoms with E-state index < -0.39 is 35.6 Å². The first kappa shape index (κ1) is 15.8. The molecule has 2 atom stereocenters. The zero-order chi connectivity index (χ0) is 20.7. The first-order valence-corrected chi connectivity index (χ1v) is 9.32. The highest BCUT2D eigenvalue weighted by atomic mass is 32.2. The number of hydrogen-bond acceptors (Lipinski definition) is 4. The fourth-order valence-electron chi connectivity index (χ4n) is 2.10. The molecule has 0 N–H and O–H groups in total. The molecule has 0 heterocycles. The van der Waals surface area contributed by atoms with E-state index in [0.717, 1.165) is 19.3 Å². The molecule has 24 heavy (non-hydrogen) atoms. The van der Waals surface area contributed by atoms with Gasteiger partial charge in [-0.05, 0) is 44.2 Å². The number of sulfonamides is 1. The van der Waals surface area contributed by atoms with Gasteiger partial charge in [0.25, 0.3) is 0 Å². The van der Waals surface area contributed by atoms with Crippen LogP contribution in [0.15, 0.2) is 47.9 Å². The lowest BCUT2D eigenvalue weighted by Crippen LogP contribution is -2.35. The van der Waals surface area contributed by atoms with Crippen molar-refractivity contribution in [3.8, 4) is 0 Å². The molecule has 0 spiro atoms. The van der Waals surface area contributed by atoms with Crippen LogP contribution in [-0.4, -0.2) is 38.3 Å². The quantitative estimate of drug-likeness (QED) is 0.367. The van der Waals surface area contributed by atoms with E-state index in [1.54, 1.807) is 13.0 Å². The standard InChI is InChI=1S/C18H27NO4S/c1-5-6-8-11-15(2)16(3)23-18(20)14-19(4)24(21,22)17-12-9-7-10-13-17/h5,7,9-10,12-13,15-16H,1,6,8,11,14H2,2-4H3/t15-,16+/m0/s1/i4D3. The molecule has 0 bridgehead atoms. The van der Waals surface area contributed by atoms with Gasteiger partial charge in [-0.1, -0.05) is 31.2 Å². The second-order valence-electron chi connectivity index (χ2n) is 5.72. The molecule has 1 aromatic carbocycles. The molecule has 6 heteroatoms. The van der Waals surface area contributed by atoms with Gasteiger partial charge in [-0.25, -0.2) is 8.42 Å². The van der Waals surface area contributed by atoms with Crippen LogP contribution in [0.1, 0.15) is 37.2 Å². The first-order valence-electron chi connectivity index (χ1n) is 9.38. The van der Waals surface area contributed by atoms with Crippen LogP contribution < -0.4 is 0 Å². The number of carbonyl (C=O) groups excluding carboxylic acids is 1. The summed E-state index contributed by atoms with van der Waals surface area (Å²) >= 11 is 0. The Bertz CT molecular complexity index is 720. The topological polar surface area (TPSA) is 63.7 Å². The second kappa shape index (κ2) is 9.59. The van der Waals surface area contributed by atoms with Crippen LogP contribution in [0.4, 0.5) is 0 Å². The maximum absolute atomic E-state index is 12.7. The molecule has 0 aliphatic carbocycles. The molecular weight excluding hydrogens is 326 g/mol. The van der Waals surface area contributed by atoms with Crippen molar-refractivity contribution in [1.29, 1.82) is 0 Å². The average molecular weight is 357 g/mol. The molecule has 0 radical (unpaired) electrons. The predicted molar refractivity (Wildman–Crippen MR) is 95.0 cm³/mol. The highest BCUT2D eigenvalue weighted by molar-refractivity contribution is 7.89. The van der Waals surface area contributed by atoms with E-state index in [-0.39, 0.29) is 15.1 Å². The molecule has 0 amide bonds. The molecule has 0 aliphatic heterocycles. The maximum Gasteiger partial charge on any atom is 0.321 e. The smallest absolute Gasteiger partial charge is 0.321 e. The van der Waals surface area contributed by atoms with Gasteiger partial charge in [-0.2, -0.15) is 4.31 Å². The lowest BCUT2D eigenvalue weighted by Gasteiger charge is -2.22. The molecular formula is C18H27NO4S. The van der Waals surface area contributed by atoms with Gasteiger partial charge in [-0.15, -0.1) is 6.58 Å². The first-order chi connectivity index (χ1) is 12.5. The van der Waals surface area contributed by atoms with E-state index in [1.165, 1.54) is 24.3 Å². The number of likely N-dealkylation sites (N-methyl/N-ethyl adjacent to an activating group) is 1. The third kappa shape index (κ3) is 6.09. The van der Waals surface area contributed by atoms with Crippen molar-refractivity contribution in [3.05, 3.63) is 43.0 Å². The lowest BCUT2D eigenvalue weighted by molar-refractivity contribution is -0.150. The van der Waals surface area contributed by atoms with Crippen molar-refractivity contribution in [2.24, 2.45) is 5.92 Å². The average Bonchev–Trinajstić information content (AvgIpc) is 2.59. The van der Waals surface area contributed by atoms with E-state index in [0.29, 0.717) is 0 Å². The molecule has 134 valence electrons. The zero-order valence-electron chi connectivity index (χ0n) is 17.1. The fourth-order valence-corrected chi connectivity index (χ4v) is 3.13. The lowest BCUT2D eigenvalue weighted by atomic mass is 9.99. The summed E-state index contributed by atoms with van der Waals surface area (Å²) in [5.74, 6) is -0.838. The summed E-state index contributed by atoms with van der Waals surface area (Å²) in [6, 6.07) is 7.14. The van der Waals surface area contributed by atoms with E-state index in [1.807, 2.05) is 13.0 Å². The van der Waals surface area contributed by atoms with Crippen molar-refractivity contribution in [2.75, 3.05) is 13.5 Å². The van der Waals surface area contributed by atoms with Crippen molar-refractivity contribution in [2.45, 2.75) is 44.1 Å². The maximum atomic E-state index is 12.7. The van der Waals surface area contributed by atoms with Crippen LogP contribution in [0.3, 0.4) is 0 Å². The summed E-state index contributed by atoms with van der Waals surface area (Å²) in [5, 5.41) is 0. The molecule has 0 unspecified atom stereocenters. The van der Waals surface area contributed by atoms with Gasteiger partial charge < -0.3 is 4.74 Å². The highest BCUT2D eigenvalue weighted by Crippen LogP contribution is 2.17. The number of rotatable bonds is 10. The number of nitrogens with zero attached hydrogens (tertiary/aromatic N) is 1. The minimum atomic E-state index is -4.37. The van der Waals surface area contributed by atoms with E-state index in [2.05, 4.69) is 6.58 Å². The third-order valence-corrected chi connectivity index (χ3v) is 5.37. The van der Waals surface area contributed by atoms with Crippen LogP contribution in [0.2, 0.25) is 0 Å². The number of esters is 1. The van der Waals surface area contributed by atoms with Crippen LogP contribution in [0.25, 0.3) is 0 Å². The number of ether oxygens (including phenoxy) is 1. The monoisotopic (exact) mass is 356 g/mol. The summed E-state index contributed by atoms with van der Waals surface area (Å²) in [5.41, 5.74) is 0. The number of unbranched alkanes of at least 4 members (excludes halogenated alkanes) is 1. The molecule has 1 rings (SSSR count). The van der Waals surface area contributed by atoms with Gasteiger partial charge in [-0.3, -0.25) is 4.79 Å². The van der Waals surface area contributed by atoms with Gasteiger partial charge >= 0.3 is 5.97 Å². The Morgan fingerprint density at radius 1 is 1.38 bits per heavy atom. The molecule has 0 saturated heterocycles. The molecule has 0 saturated carbocycles. The van der Waals surface area contributed by atoms with Gasteiger partial charge in [0, 0.05) is 11.1 Å². The number of carbonyl (C=O) groups is 1. The van der Waals surface area contributed by atoms with Crippen LogP contribution in [0.5, 0.6) is 0 Å². The van der Waals surface area contributed by atoms with E-state index in [9.17, 15) is 13.2 Å². The van der Waals surface area contributed by atoms with Gasteiger partial charge in [0.15, 0.2) is 0 Å². The zero-order valence-corrected chi connectivity index (χ0v) is 15.0. The van der Waals surface area contributed by atoms with Crippen LogP contribution in [0, 0.1) is 5.92 Å². The number of allylic oxidation sites excluding steroid dienone is 1. The fraction of sp³-hybridized carbons (Fsp3) is 0.500. The van der Waals surface area contributed by atoms with Gasteiger partial charge in [0.1, 0.15) is 12.6 Å². The number of benzene rings is 1. The summed E-state index contributed by atoms with van der Waals surface area (Å²) in [4.78, 5) is 12.0. The second-order valence-corrected chi connectivity index (χ2v) is 7.58.